The topological polar surface area (TPSA) is 155 Å². The van der Waals surface area contributed by atoms with E-state index in [4.69, 9.17) is 20.9 Å². The van der Waals surface area contributed by atoms with Gasteiger partial charge in [0.05, 0.1) is 5.56 Å². The normalized spacial score (nSPS) is 10.3. The van der Waals surface area contributed by atoms with Crippen molar-refractivity contribution in [3.8, 4) is 5.75 Å². The molecule has 0 unspecified atom stereocenters. The number of anilines is 3. The zero-order valence-electron chi connectivity index (χ0n) is 16.2. The highest BCUT2D eigenvalue weighted by Gasteiger charge is 2.12. The van der Waals surface area contributed by atoms with Crippen molar-refractivity contribution < 1.29 is 19.1 Å². The number of rotatable bonds is 8. The number of amides is 1. The maximum Gasteiger partial charge on any atom is 0.344 e. The molecule has 0 aliphatic carbocycles. The first-order valence-electron chi connectivity index (χ1n) is 8.92. The standard InChI is InChI=1S/C20H20N6O4/c1-12-6-8-13(9-7-12)23-20-25-16(24-19(22)26-20)10-30-17(27)11-29-15-5-3-2-4-14(15)18(21)28/h2-9H,10-11H2,1H3,(H2,21,28)(H3,22,23,24,25,26). The third-order valence-electron chi connectivity index (χ3n) is 3.87. The molecule has 0 radical (unpaired) electrons. The zero-order valence-corrected chi connectivity index (χ0v) is 16.2. The van der Waals surface area contributed by atoms with Gasteiger partial charge in [0.2, 0.25) is 11.9 Å². The number of hydrogen-bond donors (Lipinski definition) is 3. The molecule has 2 aromatic carbocycles. The van der Waals surface area contributed by atoms with Gasteiger partial charge in [0.1, 0.15) is 5.75 Å². The highest BCUT2D eigenvalue weighted by molar-refractivity contribution is 5.95. The lowest BCUT2D eigenvalue weighted by atomic mass is 10.2. The molecular weight excluding hydrogens is 388 g/mol. The van der Waals surface area contributed by atoms with Crippen molar-refractivity contribution in [3.63, 3.8) is 0 Å². The quantitative estimate of drug-likeness (QED) is 0.472. The number of aryl methyl sites for hydroxylation is 1. The van der Waals surface area contributed by atoms with Crippen molar-refractivity contribution in [3.05, 3.63) is 65.5 Å². The number of benzene rings is 2. The molecule has 10 nitrogen and oxygen atoms in total. The number of hydrogen-bond acceptors (Lipinski definition) is 9. The SMILES string of the molecule is Cc1ccc(Nc2nc(N)nc(COC(=O)COc3ccccc3C(N)=O)n2)cc1. The number of nitrogens with one attached hydrogen (secondary N) is 1. The first kappa shape index (κ1) is 20.5. The van der Waals surface area contributed by atoms with Crippen LogP contribution in [-0.2, 0) is 16.1 Å². The number of para-hydroxylation sites is 1. The van der Waals surface area contributed by atoms with E-state index in [0.717, 1.165) is 11.3 Å². The van der Waals surface area contributed by atoms with E-state index in [1.807, 2.05) is 31.2 Å². The fourth-order valence-corrected chi connectivity index (χ4v) is 2.44. The second-order valence-corrected chi connectivity index (χ2v) is 6.23. The summed E-state index contributed by atoms with van der Waals surface area (Å²) in [6.07, 6.45) is 0. The van der Waals surface area contributed by atoms with E-state index >= 15 is 0 Å². The molecule has 1 aromatic heterocycles. The summed E-state index contributed by atoms with van der Waals surface area (Å²) in [5.74, 6) is -0.769. The Balaban J connectivity index is 1.57. The molecule has 0 aliphatic heterocycles. The summed E-state index contributed by atoms with van der Waals surface area (Å²) in [5.41, 5.74) is 13.0. The third kappa shape index (κ3) is 5.64. The Kier molecular flexibility index (Phi) is 6.38. The van der Waals surface area contributed by atoms with Crippen LogP contribution in [0.1, 0.15) is 21.7 Å². The summed E-state index contributed by atoms with van der Waals surface area (Å²) in [6.45, 7) is 1.33. The summed E-state index contributed by atoms with van der Waals surface area (Å²) < 4.78 is 10.4. The van der Waals surface area contributed by atoms with Crippen molar-refractivity contribution in [2.75, 3.05) is 17.7 Å². The lowest BCUT2D eigenvalue weighted by molar-refractivity contribution is -0.147. The third-order valence-corrected chi connectivity index (χ3v) is 3.87. The zero-order chi connectivity index (χ0) is 21.5. The molecule has 0 fully saturated rings. The van der Waals surface area contributed by atoms with Crippen LogP contribution in [0.2, 0.25) is 0 Å². The number of primary amides is 1. The van der Waals surface area contributed by atoms with E-state index < -0.39 is 18.5 Å². The predicted molar refractivity (Wildman–Crippen MR) is 109 cm³/mol. The number of carbonyl (C=O) groups is 2. The van der Waals surface area contributed by atoms with Gasteiger partial charge in [-0.05, 0) is 31.2 Å². The number of aromatic nitrogens is 3. The number of carbonyl (C=O) groups excluding carboxylic acids is 2. The molecule has 5 N–H and O–H groups in total. The van der Waals surface area contributed by atoms with Crippen LogP contribution in [0.5, 0.6) is 5.75 Å². The van der Waals surface area contributed by atoms with E-state index in [1.165, 1.54) is 12.1 Å². The highest BCUT2D eigenvalue weighted by Crippen LogP contribution is 2.17. The summed E-state index contributed by atoms with van der Waals surface area (Å²) in [4.78, 5) is 35.5. The average molecular weight is 408 g/mol. The van der Waals surface area contributed by atoms with Crippen molar-refractivity contribution in [1.29, 1.82) is 0 Å². The van der Waals surface area contributed by atoms with Gasteiger partial charge in [-0.3, -0.25) is 4.79 Å². The molecule has 1 amide bonds. The molecule has 0 saturated carbocycles. The fraction of sp³-hybridized carbons (Fsp3) is 0.150. The van der Waals surface area contributed by atoms with Crippen molar-refractivity contribution in [2.24, 2.45) is 5.73 Å². The Morgan fingerprint density at radius 1 is 1.03 bits per heavy atom. The molecule has 3 rings (SSSR count). The number of nitrogen functional groups attached to an aromatic ring is 1. The van der Waals surface area contributed by atoms with Gasteiger partial charge in [-0.15, -0.1) is 0 Å². The summed E-state index contributed by atoms with van der Waals surface area (Å²) in [7, 11) is 0. The molecule has 10 heteroatoms. The van der Waals surface area contributed by atoms with Crippen molar-refractivity contribution in [2.45, 2.75) is 13.5 Å². The van der Waals surface area contributed by atoms with E-state index in [1.54, 1.807) is 12.1 Å². The van der Waals surface area contributed by atoms with Crippen LogP contribution >= 0.6 is 0 Å². The van der Waals surface area contributed by atoms with Crippen LogP contribution in [0.25, 0.3) is 0 Å². The summed E-state index contributed by atoms with van der Waals surface area (Å²) in [6, 6.07) is 13.9. The number of nitrogens with zero attached hydrogens (tertiary/aromatic N) is 3. The van der Waals surface area contributed by atoms with Gasteiger partial charge in [-0.1, -0.05) is 29.8 Å². The smallest absolute Gasteiger partial charge is 0.344 e. The van der Waals surface area contributed by atoms with Gasteiger partial charge >= 0.3 is 5.97 Å². The van der Waals surface area contributed by atoms with Crippen LogP contribution in [0, 0.1) is 6.92 Å². The van der Waals surface area contributed by atoms with Gasteiger partial charge in [0.15, 0.2) is 19.0 Å². The van der Waals surface area contributed by atoms with Crippen LogP contribution in [0.3, 0.4) is 0 Å². The fourth-order valence-electron chi connectivity index (χ4n) is 2.44. The Hall–Kier alpha value is -4.21. The number of ether oxygens (including phenoxy) is 2. The summed E-state index contributed by atoms with van der Waals surface area (Å²) >= 11 is 0. The molecule has 30 heavy (non-hydrogen) atoms. The molecule has 0 atom stereocenters. The molecule has 3 aromatic rings. The largest absolute Gasteiger partial charge is 0.481 e. The first-order chi connectivity index (χ1) is 14.4. The highest BCUT2D eigenvalue weighted by atomic mass is 16.6. The van der Waals surface area contributed by atoms with Gasteiger partial charge in [0, 0.05) is 5.69 Å². The minimum Gasteiger partial charge on any atom is -0.481 e. The van der Waals surface area contributed by atoms with E-state index in [2.05, 4.69) is 20.3 Å². The van der Waals surface area contributed by atoms with Crippen LogP contribution in [0.4, 0.5) is 17.6 Å². The second kappa shape index (κ2) is 9.32. The number of esters is 1. The molecule has 0 saturated heterocycles. The summed E-state index contributed by atoms with van der Waals surface area (Å²) in [5, 5.41) is 3.01. The molecule has 1 heterocycles. The molecule has 0 aliphatic rings. The predicted octanol–water partition coefficient (Wildman–Crippen LogP) is 1.73. The van der Waals surface area contributed by atoms with E-state index in [9.17, 15) is 9.59 Å². The van der Waals surface area contributed by atoms with Gasteiger partial charge in [-0.25, -0.2) is 4.79 Å². The van der Waals surface area contributed by atoms with Gasteiger partial charge in [-0.2, -0.15) is 15.0 Å². The minimum atomic E-state index is -0.679. The van der Waals surface area contributed by atoms with E-state index in [-0.39, 0.29) is 35.6 Å². The maximum atomic E-state index is 12.0. The second-order valence-electron chi connectivity index (χ2n) is 6.23. The van der Waals surface area contributed by atoms with Gasteiger partial charge in [0.25, 0.3) is 5.91 Å². The van der Waals surface area contributed by atoms with Gasteiger partial charge < -0.3 is 26.3 Å². The molecule has 0 spiro atoms. The van der Waals surface area contributed by atoms with Crippen LogP contribution in [0.15, 0.2) is 48.5 Å². The average Bonchev–Trinajstić information content (AvgIpc) is 2.72. The number of nitrogens with two attached hydrogens (primary N) is 2. The van der Waals surface area contributed by atoms with Crippen molar-refractivity contribution in [1.82, 2.24) is 15.0 Å². The molecule has 0 bridgehead atoms. The van der Waals surface area contributed by atoms with Crippen LogP contribution < -0.4 is 21.5 Å². The van der Waals surface area contributed by atoms with Crippen molar-refractivity contribution >= 4 is 29.5 Å². The maximum absolute atomic E-state index is 12.0. The monoisotopic (exact) mass is 408 g/mol. The Morgan fingerprint density at radius 2 is 1.77 bits per heavy atom. The Labute approximate surface area is 172 Å². The lowest BCUT2D eigenvalue weighted by Crippen LogP contribution is -2.18. The van der Waals surface area contributed by atoms with E-state index in [0.29, 0.717) is 0 Å². The minimum absolute atomic E-state index is 0.0164. The lowest BCUT2D eigenvalue weighted by Gasteiger charge is -2.10. The molecule has 154 valence electrons. The molecular formula is C20H20N6O4. The first-order valence-corrected chi connectivity index (χ1v) is 8.92. The Bertz CT molecular complexity index is 1060. The Morgan fingerprint density at radius 3 is 2.50 bits per heavy atom. The van der Waals surface area contributed by atoms with Crippen LogP contribution in [-0.4, -0.2) is 33.4 Å².